The van der Waals surface area contributed by atoms with Crippen molar-refractivity contribution in [2.45, 2.75) is 25.8 Å². The highest BCUT2D eigenvalue weighted by Gasteiger charge is 2.25. The molecule has 0 bridgehead atoms. The SMILES string of the molecule is CNC(C)C1CCN(c2nccn3cnnc23)CC1. The number of aromatic nitrogens is 4. The van der Waals surface area contributed by atoms with Crippen LogP contribution in [-0.2, 0) is 0 Å². The lowest BCUT2D eigenvalue weighted by atomic mass is 9.90. The Morgan fingerprint density at radius 3 is 2.89 bits per heavy atom. The van der Waals surface area contributed by atoms with Gasteiger partial charge in [0.05, 0.1) is 0 Å². The van der Waals surface area contributed by atoms with Gasteiger partial charge >= 0.3 is 0 Å². The zero-order valence-electron chi connectivity index (χ0n) is 11.5. The van der Waals surface area contributed by atoms with Crippen molar-refractivity contribution in [1.29, 1.82) is 0 Å². The Kier molecular flexibility index (Phi) is 3.33. The molecule has 0 spiro atoms. The minimum Gasteiger partial charge on any atom is -0.353 e. The topological polar surface area (TPSA) is 58.4 Å². The Hall–Kier alpha value is -1.69. The first-order chi connectivity index (χ1) is 9.29. The van der Waals surface area contributed by atoms with Crippen LogP contribution >= 0.6 is 0 Å². The summed E-state index contributed by atoms with van der Waals surface area (Å²) in [5, 5.41) is 11.5. The quantitative estimate of drug-likeness (QED) is 0.890. The van der Waals surface area contributed by atoms with Crippen molar-refractivity contribution in [2.24, 2.45) is 5.92 Å². The first-order valence-electron chi connectivity index (χ1n) is 6.86. The molecule has 2 aromatic rings. The van der Waals surface area contributed by atoms with E-state index in [0.717, 1.165) is 30.5 Å². The van der Waals surface area contributed by atoms with Crippen molar-refractivity contribution in [3.8, 4) is 0 Å². The van der Waals surface area contributed by atoms with Crippen LogP contribution in [0, 0.1) is 5.92 Å². The third-order valence-corrected chi connectivity index (χ3v) is 4.20. The van der Waals surface area contributed by atoms with Crippen LogP contribution in [0.15, 0.2) is 18.7 Å². The lowest BCUT2D eigenvalue weighted by molar-refractivity contribution is 0.323. The maximum Gasteiger partial charge on any atom is 0.203 e. The van der Waals surface area contributed by atoms with Gasteiger partial charge in [-0.15, -0.1) is 10.2 Å². The minimum absolute atomic E-state index is 0.582. The summed E-state index contributed by atoms with van der Waals surface area (Å²) in [6.07, 6.45) is 7.80. The predicted molar refractivity (Wildman–Crippen MR) is 74.2 cm³/mol. The fourth-order valence-electron chi connectivity index (χ4n) is 2.82. The Morgan fingerprint density at radius 2 is 2.16 bits per heavy atom. The normalized spacial score (nSPS) is 18.9. The maximum absolute atomic E-state index is 4.48. The Labute approximate surface area is 112 Å². The van der Waals surface area contributed by atoms with E-state index in [-0.39, 0.29) is 0 Å². The van der Waals surface area contributed by atoms with Crippen LogP contribution in [0.4, 0.5) is 5.82 Å². The second-order valence-corrected chi connectivity index (χ2v) is 5.21. The molecule has 1 aliphatic rings. The zero-order valence-corrected chi connectivity index (χ0v) is 11.5. The number of piperidine rings is 1. The molecule has 3 rings (SSSR count). The molecule has 0 saturated carbocycles. The summed E-state index contributed by atoms with van der Waals surface area (Å²) in [6.45, 7) is 4.34. The third kappa shape index (κ3) is 2.28. The van der Waals surface area contributed by atoms with Gasteiger partial charge in [0, 0.05) is 31.5 Å². The highest BCUT2D eigenvalue weighted by molar-refractivity contribution is 5.63. The molecule has 0 amide bonds. The maximum atomic E-state index is 4.48. The molecule has 19 heavy (non-hydrogen) atoms. The fraction of sp³-hybridized carbons (Fsp3) is 0.615. The smallest absolute Gasteiger partial charge is 0.203 e. The number of fused-ring (bicyclic) bond motifs is 1. The minimum atomic E-state index is 0.582. The summed E-state index contributed by atoms with van der Waals surface area (Å²) >= 11 is 0. The van der Waals surface area contributed by atoms with Gasteiger partial charge in [0.25, 0.3) is 0 Å². The van der Waals surface area contributed by atoms with Gasteiger partial charge in [-0.3, -0.25) is 4.40 Å². The van der Waals surface area contributed by atoms with Gasteiger partial charge in [0.1, 0.15) is 6.33 Å². The number of rotatable bonds is 3. The molecular formula is C13H20N6. The summed E-state index contributed by atoms with van der Waals surface area (Å²) in [7, 11) is 2.04. The van der Waals surface area contributed by atoms with Crippen LogP contribution in [-0.4, -0.2) is 45.8 Å². The van der Waals surface area contributed by atoms with Crippen LogP contribution < -0.4 is 10.2 Å². The number of anilines is 1. The second-order valence-electron chi connectivity index (χ2n) is 5.21. The lowest BCUT2D eigenvalue weighted by Gasteiger charge is -2.35. The van der Waals surface area contributed by atoms with Crippen molar-refractivity contribution in [2.75, 3.05) is 25.0 Å². The van der Waals surface area contributed by atoms with Gasteiger partial charge in [0.2, 0.25) is 5.65 Å². The average Bonchev–Trinajstić information content (AvgIpc) is 2.95. The van der Waals surface area contributed by atoms with E-state index in [1.807, 2.05) is 23.8 Å². The molecule has 1 aliphatic heterocycles. The average molecular weight is 260 g/mol. The van der Waals surface area contributed by atoms with Crippen molar-refractivity contribution < 1.29 is 0 Å². The van der Waals surface area contributed by atoms with Crippen LogP contribution in [0.25, 0.3) is 5.65 Å². The Morgan fingerprint density at radius 1 is 1.37 bits per heavy atom. The standard InChI is InChI=1S/C13H20N6/c1-10(14-2)11-3-6-18(7-4-11)12-13-17-16-9-19(13)8-5-15-12/h5,8-11,14H,3-4,6-7H2,1-2H3. The molecule has 0 aliphatic carbocycles. The third-order valence-electron chi connectivity index (χ3n) is 4.20. The van der Waals surface area contributed by atoms with E-state index in [9.17, 15) is 0 Å². The van der Waals surface area contributed by atoms with Crippen LogP contribution in [0.5, 0.6) is 0 Å². The molecule has 1 fully saturated rings. The van der Waals surface area contributed by atoms with Gasteiger partial charge in [0.15, 0.2) is 5.82 Å². The molecule has 1 unspecified atom stereocenters. The van der Waals surface area contributed by atoms with Gasteiger partial charge in [-0.2, -0.15) is 0 Å². The number of hydrogen-bond donors (Lipinski definition) is 1. The van der Waals surface area contributed by atoms with Crippen molar-refractivity contribution in [3.05, 3.63) is 18.7 Å². The number of nitrogens with one attached hydrogen (secondary N) is 1. The summed E-state index contributed by atoms with van der Waals surface area (Å²) in [6, 6.07) is 0.582. The second kappa shape index (κ2) is 5.13. The van der Waals surface area contributed by atoms with E-state index in [1.165, 1.54) is 12.8 Å². The molecule has 1 N–H and O–H groups in total. The number of nitrogens with zero attached hydrogens (tertiary/aromatic N) is 5. The molecule has 2 aromatic heterocycles. The van der Waals surface area contributed by atoms with E-state index in [0.29, 0.717) is 6.04 Å². The zero-order chi connectivity index (χ0) is 13.2. The largest absolute Gasteiger partial charge is 0.353 e. The molecule has 1 saturated heterocycles. The molecule has 1 atom stereocenters. The first kappa shape index (κ1) is 12.3. The van der Waals surface area contributed by atoms with Gasteiger partial charge in [-0.25, -0.2) is 4.98 Å². The summed E-state index contributed by atoms with van der Waals surface area (Å²) < 4.78 is 1.92. The van der Waals surface area contributed by atoms with Crippen LogP contribution in [0.3, 0.4) is 0 Å². The van der Waals surface area contributed by atoms with E-state index >= 15 is 0 Å². The monoisotopic (exact) mass is 260 g/mol. The molecule has 6 nitrogen and oxygen atoms in total. The van der Waals surface area contributed by atoms with Crippen LogP contribution in [0.2, 0.25) is 0 Å². The lowest BCUT2D eigenvalue weighted by Crippen LogP contribution is -2.41. The summed E-state index contributed by atoms with van der Waals surface area (Å²) in [5.41, 5.74) is 0.850. The molecule has 3 heterocycles. The van der Waals surface area contributed by atoms with Crippen molar-refractivity contribution >= 4 is 11.5 Å². The van der Waals surface area contributed by atoms with Crippen molar-refractivity contribution in [1.82, 2.24) is 24.9 Å². The van der Waals surface area contributed by atoms with E-state index < -0.39 is 0 Å². The van der Waals surface area contributed by atoms with E-state index in [1.54, 1.807) is 6.33 Å². The fourth-order valence-corrected chi connectivity index (χ4v) is 2.82. The Balaban J connectivity index is 1.76. The van der Waals surface area contributed by atoms with Gasteiger partial charge < -0.3 is 10.2 Å². The number of hydrogen-bond acceptors (Lipinski definition) is 5. The molecule has 0 aromatic carbocycles. The van der Waals surface area contributed by atoms with Crippen molar-refractivity contribution in [3.63, 3.8) is 0 Å². The molecule has 6 heteroatoms. The molecule has 0 radical (unpaired) electrons. The molecular weight excluding hydrogens is 240 g/mol. The van der Waals surface area contributed by atoms with Gasteiger partial charge in [-0.05, 0) is 32.7 Å². The van der Waals surface area contributed by atoms with Gasteiger partial charge in [-0.1, -0.05) is 0 Å². The predicted octanol–water partition coefficient (Wildman–Crippen LogP) is 0.949. The van der Waals surface area contributed by atoms with E-state index in [4.69, 9.17) is 0 Å². The summed E-state index contributed by atoms with van der Waals surface area (Å²) in [4.78, 5) is 6.80. The highest BCUT2D eigenvalue weighted by Crippen LogP contribution is 2.25. The molecule has 102 valence electrons. The Bertz CT molecular complexity index is 543. The summed E-state index contributed by atoms with van der Waals surface area (Å²) in [5.74, 6) is 1.70. The van der Waals surface area contributed by atoms with E-state index in [2.05, 4.69) is 32.3 Å². The highest BCUT2D eigenvalue weighted by atomic mass is 15.3. The van der Waals surface area contributed by atoms with Crippen LogP contribution in [0.1, 0.15) is 19.8 Å². The first-order valence-corrected chi connectivity index (χ1v) is 6.86.